The maximum atomic E-state index is 13.9. The van der Waals surface area contributed by atoms with Gasteiger partial charge in [0.25, 0.3) is 5.91 Å². The summed E-state index contributed by atoms with van der Waals surface area (Å²) in [6.07, 6.45) is -0.347. The summed E-state index contributed by atoms with van der Waals surface area (Å²) < 4.78 is 16.3. The number of hydrogen-bond acceptors (Lipinski definition) is 6. The quantitative estimate of drug-likeness (QED) is 0.216. The van der Waals surface area contributed by atoms with Crippen LogP contribution in [-0.2, 0) is 16.1 Å². The number of nitrogens with two attached hydrogens (primary N) is 1. The largest absolute Gasteiger partial charge is 0.493 e. The Hall–Kier alpha value is -5.31. The topological polar surface area (TPSA) is 128 Å². The lowest BCUT2D eigenvalue weighted by Crippen LogP contribution is -2.45. The monoisotopic (exact) mass is 582 g/mol. The van der Waals surface area contributed by atoms with Crippen molar-refractivity contribution in [2.45, 2.75) is 25.4 Å². The van der Waals surface area contributed by atoms with E-state index >= 15 is 0 Å². The standard InChI is InChI=1S/C34H34N2O7/c1-41-29-19-22(20-30(42-2)32(29)43-3)21-36(28(34(39)40)17-18-31(35)37)33(38)27-15-13-26(14-16-27)25-11-9-24(10-12-25)23-7-5-4-6-8-23/h4-16,19-20,28H,17-18,21H2,1-3H3,(H2,35,37)(H,39,40)/t28-/m0/s1. The van der Waals surface area contributed by atoms with E-state index in [9.17, 15) is 19.5 Å². The Bertz CT molecular complexity index is 1540. The molecule has 0 aliphatic heterocycles. The molecule has 9 heteroatoms. The minimum atomic E-state index is -1.32. The minimum Gasteiger partial charge on any atom is -0.493 e. The van der Waals surface area contributed by atoms with Gasteiger partial charge in [-0.1, -0.05) is 66.7 Å². The molecule has 0 aliphatic rings. The number of primary amides is 1. The number of carbonyl (C=O) groups excluding carboxylic acids is 2. The van der Waals surface area contributed by atoms with Crippen LogP contribution in [0.2, 0.25) is 0 Å². The Morgan fingerprint density at radius 3 is 1.67 bits per heavy atom. The second-order valence-electron chi connectivity index (χ2n) is 9.85. The van der Waals surface area contributed by atoms with Crippen molar-refractivity contribution in [1.82, 2.24) is 4.90 Å². The highest BCUT2D eigenvalue weighted by Gasteiger charge is 2.31. The second kappa shape index (κ2) is 14.0. The van der Waals surface area contributed by atoms with E-state index in [2.05, 4.69) is 0 Å². The summed E-state index contributed by atoms with van der Waals surface area (Å²) in [4.78, 5) is 39.0. The van der Waals surface area contributed by atoms with Crippen molar-refractivity contribution in [3.63, 3.8) is 0 Å². The second-order valence-corrected chi connectivity index (χ2v) is 9.85. The molecule has 43 heavy (non-hydrogen) atoms. The van der Waals surface area contributed by atoms with Crippen molar-refractivity contribution >= 4 is 17.8 Å². The molecular formula is C34H34N2O7. The van der Waals surface area contributed by atoms with E-state index in [-0.39, 0.29) is 19.4 Å². The molecule has 0 unspecified atom stereocenters. The van der Waals surface area contributed by atoms with E-state index in [4.69, 9.17) is 19.9 Å². The van der Waals surface area contributed by atoms with Crippen molar-refractivity contribution in [2.75, 3.05) is 21.3 Å². The lowest BCUT2D eigenvalue weighted by atomic mass is 9.99. The molecular weight excluding hydrogens is 548 g/mol. The molecule has 1 atom stereocenters. The molecule has 0 spiro atoms. The number of amides is 2. The molecule has 0 saturated heterocycles. The SMILES string of the molecule is COc1cc(CN(C(=O)c2ccc(-c3ccc(-c4ccccc4)cc3)cc2)[C@@H](CCC(N)=O)C(=O)O)cc(OC)c1OC. The molecule has 2 amide bonds. The van der Waals surface area contributed by atoms with Gasteiger partial charge < -0.3 is 30.0 Å². The zero-order valence-electron chi connectivity index (χ0n) is 24.3. The van der Waals surface area contributed by atoms with Crippen LogP contribution in [0.1, 0.15) is 28.8 Å². The fraction of sp³-hybridized carbons (Fsp3) is 0.206. The van der Waals surface area contributed by atoms with E-state index in [1.807, 2.05) is 66.7 Å². The molecule has 4 aromatic rings. The van der Waals surface area contributed by atoms with Crippen molar-refractivity contribution < 1.29 is 33.7 Å². The number of ether oxygens (including phenoxy) is 3. The van der Waals surface area contributed by atoms with E-state index in [0.717, 1.165) is 22.3 Å². The zero-order valence-corrected chi connectivity index (χ0v) is 24.3. The van der Waals surface area contributed by atoms with Gasteiger partial charge in [-0.25, -0.2) is 4.79 Å². The fourth-order valence-electron chi connectivity index (χ4n) is 4.90. The number of benzene rings is 4. The summed E-state index contributed by atoms with van der Waals surface area (Å²) in [5.74, 6) is -1.35. The Balaban J connectivity index is 1.65. The Morgan fingerprint density at radius 1 is 0.744 bits per heavy atom. The van der Waals surface area contributed by atoms with Crippen LogP contribution in [0.5, 0.6) is 17.2 Å². The molecule has 0 radical (unpaired) electrons. The van der Waals surface area contributed by atoms with Gasteiger partial charge in [0.05, 0.1) is 21.3 Å². The maximum Gasteiger partial charge on any atom is 0.326 e. The molecule has 4 aromatic carbocycles. The third kappa shape index (κ3) is 7.32. The molecule has 0 aromatic heterocycles. The average Bonchev–Trinajstić information content (AvgIpc) is 3.03. The molecule has 222 valence electrons. The van der Waals surface area contributed by atoms with Gasteiger partial charge in [-0.15, -0.1) is 0 Å². The summed E-state index contributed by atoms with van der Waals surface area (Å²) >= 11 is 0. The van der Waals surface area contributed by atoms with E-state index in [1.54, 1.807) is 24.3 Å². The highest BCUT2D eigenvalue weighted by molar-refractivity contribution is 5.97. The maximum absolute atomic E-state index is 13.9. The van der Waals surface area contributed by atoms with Crippen molar-refractivity contribution in [1.29, 1.82) is 0 Å². The highest BCUT2D eigenvalue weighted by atomic mass is 16.5. The Kier molecular flexibility index (Phi) is 10.0. The normalized spacial score (nSPS) is 11.3. The van der Waals surface area contributed by atoms with E-state index in [1.165, 1.54) is 26.2 Å². The molecule has 9 nitrogen and oxygen atoms in total. The van der Waals surface area contributed by atoms with Crippen LogP contribution in [-0.4, -0.2) is 55.2 Å². The number of hydrogen-bond donors (Lipinski definition) is 2. The molecule has 0 fully saturated rings. The minimum absolute atomic E-state index is 0.103. The van der Waals surface area contributed by atoms with Gasteiger partial charge in [0, 0.05) is 18.5 Å². The molecule has 0 bridgehead atoms. The van der Waals surface area contributed by atoms with E-state index in [0.29, 0.717) is 28.4 Å². The van der Waals surface area contributed by atoms with Gasteiger partial charge in [0.1, 0.15) is 6.04 Å². The first-order valence-electron chi connectivity index (χ1n) is 13.6. The Labute approximate surface area is 250 Å². The first-order chi connectivity index (χ1) is 20.7. The summed E-state index contributed by atoms with van der Waals surface area (Å²) in [5.41, 5.74) is 10.2. The van der Waals surface area contributed by atoms with Crippen LogP contribution < -0.4 is 19.9 Å². The number of carboxylic acid groups (broad SMARTS) is 1. The van der Waals surface area contributed by atoms with Crippen molar-refractivity contribution in [2.24, 2.45) is 5.73 Å². The third-order valence-corrected chi connectivity index (χ3v) is 7.12. The number of methoxy groups -OCH3 is 3. The van der Waals surface area contributed by atoms with Gasteiger partial charge in [-0.2, -0.15) is 0 Å². The van der Waals surface area contributed by atoms with Crippen LogP contribution in [0.25, 0.3) is 22.3 Å². The fourth-order valence-corrected chi connectivity index (χ4v) is 4.90. The van der Waals surface area contributed by atoms with Crippen LogP contribution in [0.3, 0.4) is 0 Å². The molecule has 0 heterocycles. The van der Waals surface area contributed by atoms with Gasteiger partial charge in [0.15, 0.2) is 11.5 Å². The van der Waals surface area contributed by atoms with Gasteiger partial charge in [0.2, 0.25) is 11.7 Å². The van der Waals surface area contributed by atoms with Crippen LogP contribution in [0, 0.1) is 0 Å². The lowest BCUT2D eigenvalue weighted by Gasteiger charge is -2.29. The highest BCUT2D eigenvalue weighted by Crippen LogP contribution is 2.39. The first-order valence-corrected chi connectivity index (χ1v) is 13.6. The molecule has 4 rings (SSSR count). The first kappa shape index (κ1) is 30.6. The zero-order chi connectivity index (χ0) is 30.9. The summed E-state index contributed by atoms with van der Waals surface area (Å²) in [5, 5.41) is 10.1. The van der Waals surface area contributed by atoms with Crippen molar-refractivity contribution in [3.05, 3.63) is 102 Å². The molecule has 0 saturated carbocycles. The van der Waals surface area contributed by atoms with Crippen molar-refractivity contribution in [3.8, 4) is 39.5 Å². The van der Waals surface area contributed by atoms with Gasteiger partial charge in [-0.05, 0) is 58.5 Å². The predicted octanol–water partition coefficient (Wildman–Crippen LogP) is 5.41. The van der Waals surface area contributed by atoms with Crippen LogP contribution in [0.4, 0.5) is 0 Å². The number of carbonyl (C=O) groups is 3. The van der Waals surface area contributed by atoms with E-state index < -0.39 is 23.8 Å². The van der Waals surface area contributed by atoms with Crippen LogP contribution >= 0.6 is 0 Å². The Morgan fingerprint density at radius 2 is 1.23 bits per heavy atom. The van der Waals surface area contributed by atoms with Gasteiger partial charge in [-0.3, -0.25) is 9.59 Å². The number of rotatable bonds is 13. The summed E-state index contributed by atoms with van der Waals surface area (Å²) in [6, 6.07) is 27.1. The lowest BCUT2D eigenvalue weighted by molar-refractivity contribution is -0.143. The molecule has 3 N–H and O–H groups in total. The number of aliphatic carboxylic acids is 1. The third-order valence-electron chi connectivity index (χ3n) is 7.12. The average molecular weight is 583 g/mol. The van der Waals surface area contributed by atoms with Gasteiger partial charge >= 0.3 is 5.97 Å². The smallest absolute Gasteiger partial charge is 0.326 e. The number of nitrogens with zero attached hydrogens (tertiary/aromatic N) is 1. The molecule has 0 aliphatic carbocycles. The summed E-state index contributed by atoms with van der Waals surface area (Å²) in [6.45, 7) is -0.103. The summed E-state index contributed by atoms with van der Waals surface area (Å²) in [7, 11) is 4.41. The number of carboxylic acids is 1. The van der Waals surface area contributed by atoms with Crippen LogP contribution in [0.15, 0.2) is 91.0 Å². The predicted molar refractivity (Wildman–Crippen MR) is 163 cm³/mol.